The van der Waals surface area contributed by atoms with Crippen molar-refractivity contribution in [2.24, 2.45) is 11.8 Å². The third kappa shape index (κ3) is 2.31. The smallest absolute Gasteiger partial charge is 0.326 e. The lowest BCUT2D eigenvalue weighted by molar-refractivity contribution is -0.155. The Morgan fingerprint density at radius 2 is 1.27 bits per heavy atom. The van der Waals surface area contributed by atoms with Crippen molar-refractivity contribution >= 4 is 49.6 Å². The molecule has 30 heavy (non-hydrogen) atoms. The minimum atomic E-state index is -0.843. The number of nitrogens with zero attached hydrogens (tertiary/aromatic N) is 1. The SMILES string of the molecule is CC(C)OC(=O)CN1C(=O)C2C(C1=O)C1(Br)c3ccccc3C2(Br)c2ccccc21. The van der Waals surface area contributed by atoms with E-state index >= 15 is 0 Å². The van der Waals surface area contributed by atoms with E-state index < -0.39 is 26.5 Å². The van der Waals surface area contributed by atoms with E-state index in [4.69, 9.17) is 4.74 Å². The van der Waals surface area contributed by atoms with Crippen LogP contribution >= 0.6 is 31.9 Å². The molecule has 0 N–H and O–H groups in total. The van der Waals surface area contributed by atoms with Gasteiger partial charge in [-0.25, -0.2) is 0 Å². The number of halogens is 2. The molecular formula is C23H19Br2NO4. The lowest BCUT2D eigenvalue weighted by Crippen LogP contribution is -2.56. The molecule has 3 aliphatic carbocycles. The lowest BCUT2D eigenvalue weighted by atomic mass is 9.54. The highest BCUT2D eigenvalue weighted by Crippen LogP contribution is 2.70. The van der Waals surface area contributed by atoms with Gasteiger partial charge in [0.15, 0.2) is 0 Å². The molecule has 2 aromatic carbocycles. The molecule has 7 heteroatoms. The number of ether oxygens (including phenoxy) is 1. The number of carbonyl (C=O) groups is 3. The average Bonchev–Trinajstić information content (AvgIpc) is 2.97. The van der Waals surface area contributed by atoms with Gasteiger partial charge in [-0.05, 0) is 36.1 Å². The molecule has 1 aliphatic heterocycles. The summed E-state index contributed by atoms with van der Waals surface area (Å²) in [4.78, 5) is 40.5. The molecule has 4 aliphatic rings. The Labute approximate surface area is 191 Å². The van der Waals surface area contributed by atoms with Crippen LogP contribution in [0.5, 0.6) is 0 Å². The van der Waals surface area contributed by atoms with E-state index in [1.54, 1.807) is 13.8 Å². The highest BCUT2D eigenvalue weighted by atomic mass is 79.9. The monoisotopic (exact) mass is 531 g/mol. The highest BCUT2D eigenvalue weighted by Gasteiger charge is 2.72. The Bertz CT molecular complexity index is 990. The third-order valence-electron chi connectivity index (χ3n) is 6.33. The van der Waals surface area contributed by atoms with Crippen LogP contribution in [0.2, 0.25) is 0 Å². The Balaban J connectivity index is 1.70. The van der Waals surface area contributed by atoms with Gasteiger partial charge in [-0.2, -0.15) is 0 Å². The van der Waals surface area contributed by atoms with Crippen molar-refractivity contribution in [3.63, 3.8) is 0 Å². The fourth-order valence-electron chi connectivity index (χ4n) is 5.31. The highest BCUT2D eigenvalue weighted by molar-refractivity contribution is 9.10. The van der Waals surface area contributed by atoms with E-state index in [-0.39, 0.29) is 24.5 Å². The maximum Gasteiger partial charge on any atom is 0.326 e. The molecule has 0 spiro atoms. The van der Waals surface area contributed by atoms with Gasteiger partial charge in [0.2, 0.25) is 11.8 Å². The first-order valence-electron chi connectivity index (χ1n) is 9.84. The Morgan fingerprint density at radius 3 is 1.60 bits per heavy atom. The molecule has 0 aromatic heterocycles. The second kappa shape index (κ2) is 6.50. The van der Waals surface area contributed by atoms with Crippen molar-refractivity contribution in [2.75, 3.05) is 6.54 Å². The molecular weight excluding hydrogens is 514 g/mol. The van der Waals surface area contributed by atoms with Crippen molar-refractivity contribution in [3.8, 4) is 0 Å². The van der Waals surface area contributed by atoms with Crippen LogP contribution in [0.3, 0.4) is 0 Å². The summed E-state index contributed by atoms with van der Waals surface area (Å²) in [6.45, 7) is 3.10. The predicted molar refractivity (Wildman–Crippen MR) is 117 cm³/mol. The molecule has 0 radical (unpaired) electrons. The second-order valence-corrected chi connectivity index (χ2v) is 10.8. The summed E-state index contributed by atoms with van der Waals surface area (Å²) in [6.07, 6.45) is -0.317. The minimum absolute atomic E-state index is 0.317. The number of likely N-dealkylation sites (tertiary alicyclic amines) is 1. The first-order valence-corrected chi connectivity index (χ1v) is 11.4. The fraction of sp³-hybridized carbons (Fsp3) is 0.348. The molecule has 0 saturated carbocycles. The van der Waals surface area contributed by atoms with E-state index in [0.29, 0.717) is 0 Å². The van der Waals surface area contributed by atoms with Crippen molar-refractivity contribution < 1.29 is 19.1 Å². The van der Waals surface area contributed by atoms with Gasteiger partial charge in [0.1, 0.15) is 6.54 Å². The van der Waals surface area contributed by atoms with Crippen LogP contribution in [0.15, 0.2) is 48.5 Å². The van der Waals surface area contributed by atoms with E-state index in [2.05, 4.69) is 31.9 Å². The van der Waals surface area contributed by atoms with Gasteiger partial charge in [-0.15, -0.1) is 0 Å². The van der Waals surface area contributed by atoms with Crippen molar-refractivity contribution in [1.82, 2.24) is 4.90 Å². The van der Waals surface area contributed by atoms with Crippen LogP contribution in [-0.2, 0) is 27.8 Å². The molecule has 6 rings (SSSR count). The molecule has 2 unspecified atom stereocenters. The summed E-state index contributed by atoms with van der Waals surface area (Å²) in [5, 5.41) is 0. The van der Waals surface area contributed by atoms with Gasteiger partial charge in [-0.3, -0.25) is 19.3 Å². The number of imide groups is 1. The molecule has 2 amide bonds. The molecule has 1 heterocycles. The number of hydrogen-bond acceptors (Lipinski definition) is 4. The van der Waals surface area contributed by atoms with E-state index in [1.165, 1.54) is 0 Å². The summed E-state index contributed by atoms with van der Waals surface area (Å²) in [6, 6.07) is 15.8. The standard InChI is InChI=1S/C23H19Br2NO4/c1-12(2)30-17(27)11-26-20(28)18-19(21(26)29)23(25)14-8-4-3-7-13(14)22(18,24)15-9-5-6-10-16(15)23/h3-10,12,18-19H,11H2,1-2H3. The average molecular weight is 533 g/mol. The maximum absolute atomic E-state index is 13.6. The number of carbonyl (C=O) groups excluding carboxylic acids is 3. The molecule has 5 nitrogen and oxygen atoms in total. The number of amides is 2. The fourth-order valence-corrected chi connectivity index (χ4v) is 7.61. The minimum Gasteiger partial charge on any atom is -0.462 e. The summed E-state index contributed by atoms with van der Waals surface area (Å²) < 4.78 is 3.51. The summed E-state index contributed by atoms with van der Waals surface area (Å²) in [5.74, 6) is -2.62. The summed E-state index contributed by atoms with van der Waals surface area (Å²) in [7, 11) is 0. The zero-order valence-electron chi connectivity index (χ0n) is 16.4. The van der Waals surface area contributed by atoms with Crippen LogP contribution in [-0.4, -0.2) is 35.3 Å². The van der Waals surface area contributed by atoms with Crippen molar-refractivity contribution in [3.05, 3.63) is 70.8 Å². The Morgan fingerprint density at radius 1 is 0.900 bits per heavy atom. The molecule has 2 atom stereocenters. The molecule has 1 fully saturated rings. The number of alkyl halides is 2. The van der Waals surface area contributed by atoms with Crippen molar-refractivity contribution in [1.29, 1.82) is 0 Å². The van der Waals surface area contributed by atoms with E-state index in [9.17, 15) is 14.4 Å². The quantitative estimate of drug-likeness (QED) is 0.342. The first kappa shape index (κ1) is 19.9. The normalized spacial score (nSPS) is 30.9. The zero-order valence-corrected chi connectivity index (χ0v) is 19.6. The first-order chi connectivity index (χ1) is 14.2. The number of hydrogen-bond donors (Lipinski definition) is 0. The van der Waals surface area contributed by atoms with Crippen LogP contribution < -0.4 is 0 Å². The van der Waals surface area contributed by atoms with Gasteiger partial charge < -0.3 is 4.74 Å². The number of rotatable bonds is 3. The topological polar surface area (TPSA) is 63.7 Å². The van der Waals surface area contributed by atoms with Gasteiger partial charge in [0, 0.05) is 0 Å². The Hall–Kier alpha value is -1.99. The van der Waals surface area contributed by atoms with E-state index in [0.717, 1.165) is 27.2 Å². The number of benzene rings is 2. The van der Waals surface area contributed by atoms with Gasteiger partial charge in [0.25, 0.3) is 0 Å². The third-order valence-corrected chi connectivity index (χ3v) is 9.03. The second-order valence-electron chi connectivity index (χ2n) is 8.27. The van der Waals surface area contributed by atoms with Gasteiger partial charge >= 0.3 is 5.97 Å². The van der Waals surface area contributed by atoms with Gasteiger partial charge in [-0.1, -0.05) is 80.4 Å². The van der Waals surface area contributed by atoms with Crippen LogP contribution in [0.4, 0.5) is 0 Å². The Kier molecular flexibility index (Phi) is 4.32. The number of esters is 1. The molecule has 2 bridgehead atoms. The predicted octanol–water partition coefficient (Wildman–Crippen LogP) is 3.84. The van der Waals surface area contributed by atoms with Gasteiger partial charge in [0.05, 0.1) is 26.6 Å². The summed E-state index contributed by atoms with van der Waals surface area (Å²) in [5.41, 5.74) is 3.87. The zero-order chi connectivity index (χ0) is 21.4. The van der Waals surface area contributed by atoms with Crippen molar-refractivity contribution in [2.45, 2.75) is 28.6 Å². The largest absolute Gasteiger partial charge is 0.462 e. The molecule has 154 valence electrons. The molecule has 2 aromatic rings. The maximum atomic E-state index is 13.6. The molecule has 1 saturated heterocycles. The van der Waals surface area contributed by atoms with E-state index in [1.807, 2.05) is 48.5 Å². The summed E-state index contributed by atoms with van der Waals surface area (Å²) >= 11 is 7.85. The van der Waals surface area contributed by atoms with Crippen LogP contribution in [0.25, 0.3) is 0 Å². The van der Waals surface area contributed by atoms with Crippen LogP contribution in [0, 0.1) is 11.8 Å². The van der Waals surface area contributed by atoms with Crippen LogP contribution in [0.1, 0.15) is 36.1 Å². The lowest BCUT2D eigenvalue weighted by Gasteiger charge is -2.55.